The van der Waals surface area contributed by atoms with E-state index in [1.165, 1.54) is 0 Å². The minimum Gasteiger partial charge on any atom is -0.466 e. The van der Waals surface area contributed by atoms with Crippen molar-refractivity contribution in [1.82, 2.24) is 4.90 Å². The average molecular weight is 231 g/mol. The highest BCUT2D eigenvalue weighted by Gasteiger charge is 2.18. The van der Waals surface area contributed by atoms with Crippen molar-refractivity contribution in [2.45, 2.75) is 39.7 Å². The van der Waals surface area contributed by atoms with Gasteiger partial charge in [0.1, 0.15) is 0 Å². The van der Waals surface area contributed by atoms with E-state index in [4.69, 9.17) is 0 Å². The summed E-state index contributed by atoms with van der Waals surface area (Å²) >= 11 is 0. The van der Waals surface area contributed by atoms with E-state index in [0.717, 1.165) is 0 Å². The first-order valence-corrected chi connectivity index (χ1v) is 5.66. The molecule has 0 unspecified atom stereocenters. The minimum atomic E-state index is -0.952. The molecule has 5 heteroatoms. The number of carbonyl (C=O) groups is 2. The number of esters is 1. The Bertz CT molecular complexity index is 226. The van der Waals surface area contributed by atoms with Gasteiger partial charge in [0.2, 0.25) is 5.91 Å². The lowest BCUT2D eigenvalue weighted by Gasteiger charge is -2.20. The van der Waals surface area contributed by atoms with E-state index in [0.29, 0.717) is 13.1 Å². The lowest BCUT2D eigenvalue weighted by Crippen LogP contribution is -2.33. The second-order valence-electron chi connectivity index (χ2n) is 3.43. The molecule has 0 aromatic heterocycles. The van der Waals surface area contributed by atoms with Crippen LogP contribution in [0.2, 0.25) is 0 Å². The molecule has 1 atom stereocenters. The van der Waals surface area contributed by atoms with Crippen LogP contribution < -0.4 is 0 Å². The first kappa shape index (κ1) is 14.9. The van der Waals surface area contributed by atoms with Crippen LogP contribution in [0.5, 0.6) is 0 Å². The van der Waals surface area contributed by atoms with Gasteiger partial charge >= 0.3 is 5.97 Å². The minimum absolute atomic E-state index is 0.0273. The first-order valence-electron chi connectivity index (χ1n) is 5.66. The highest BCUT2D eigenvalue weighted by Crippen LogP contribution is 2.03. The van der Waals surface area contributed by atoms with Gasteiger partial charge in [0.15, 0.2) is 0 Å². The summed E-state index contributed by atoms with van der Waals surface area (Å²) in [6.07, 6.45) is -1.10. The molecule has 1 amide bonds. The summed E-state index contributed by atoms with van der Waals surface area (Å²) in [6, 6.07) is 0. The van der Waals surface area contributed by atoms with Gasteiger partial charge < -0.3 is 14.7 Å². The standard InChI is InChI=1S/C11H21NO4/c1-4-12(5-2)10(14)7-9(13)8-11(15)16-6-3/h9,13H,4-8H2,1-3H3/t9-/m1/s1. The number of ether oxygens (including phenoxy) is 1. The molecule has 5 nitrogen and oxygen atoms in total. The molecule has 0 spiro atoms. The van der Waals surface area contributed by atoms with Gasteiger partial charge in [-0.25, -0.2) is 0 Å². The van der Waals surface area contributed by atoms with Gasteiger partial charge in [0.05, 0.1) is 25.6 Å². The van der Waals surface area contributed by atoms with Crippen LogP contribution in [0.15, 0.2) is 0 Å². The molecule has 0 aliphatic carbocycles. The smallest absolute Gasteiger partial charge is 0.308 e. The van der Waals surface area contributed by atoms with Crippen molar-refractivity contribution in [3.63, 3.8) is 0 Å². The fraction of sp³-hybridized carbons (Fsp3) is 0.818. The maximum Gasteiger partial charge on any atom is 0.308 e. The number of aliphatic hydroxyl groups is 1. The normalized spacial score (nSPS) is 12.0. The number of hydrogen-bond acceptors (Lipinski definition) is 4. The van der Waals surface area contributed by atoms with E-state index >= 15 is 0 Å². The van der Waals surface area contributed by atoms with Gasteiger partial charge in [0.25, 0.3) is 0 Å². The van der Waals surface area contributed by atoms with E-state index in [1.54, 1.807) is 11.8 Å². The predicted octanol–water partition coefficient (Wildman–Crippen LogP) is 0.559. The van der Waals surface area contributed by atoms with Crippen molar-refractivity contribution < 1.29 is 19.4 Å². The summed E-state index contributed by atoms with van der Waals surface area (Å²) in [5, 5.41) is 9.51. The molecule has 0 bridgehead atoms. The molecular weight excluding hydrogens is 210 g/mol. The summed E-state index contributed by atoms with van der Waals surface area (Å²) < 4.78 is 4.68. The Hall–Kier alpha value is -1.10. The number of carbonyl (C=O) groups excluding carboxylic acids is 2. The summed E-state index contributed by atoms with van der Waals surface area (Å²) in [5.41, 5.74) is 0. The van der Waals surface area contributed by atoms with Crippen molar-refractivity contribution >= 4 is 11.9 Å². The number of aliphatic hydroxyl groups excluding tert-OH is 1. The molecule has 0 aromatic carbocycles. The van der Waals surface area contributed by atoms with E-state index in [1.807, 2.05) is 13.8 Å². The van der Waals surface area contributed by atoms with Crippen molar-refractivity contribution in [1.29, 1.82) is 0 Å². The second kappa shape index (κ2) is 8.10. The van der Waals surface area contributed by atoms with Crippen molar-refractivity contribution in [2.75, 3.05) is 19.7 Å². The van der Waals surface area contributed by atoms with Crippen LogP contribution >= 0.6 is 0 Å². The lowest BCUT2D eigenvalue weighted by molar-refractivity contribution is -0.146. The van der Waals surface area contributed by atoms with Crippen LogP contribution in [0.25, 0.3) is 0 Å². The van der Waals surface area contributed by atoms with E-state index in [9.17, 15) is 14.7 Å². The zero-order chi connectivity index (χ0) is 12.6. The van der Waals surface area contributed by atoms with Crippen LogP contribution in [-0.2, 0) is 14.3 Å². The predicted molar refractivity (Wildman–Crippen MR) is 59.8 cm³/mol. The molecule has 16 heavy (non-hydrogen) atoms. The highest BCUT2D eigenvalue weighted by atomic mass is 16.5. The monoisotopic (exact) mass is 231 g/mol. The Morgan fingerprint density at radius 1 is 1.19 bits per heavy atom. The largest absolute Gasteiger partial charge is 0.466 e. The first-order chi connectivity index (χ1) is 7.54. The molecule has 1 N–H and O–H groups in total. The van der Waals surface area contributed by atoms with Gasteiger partial charge in [0, 0.05) is 13.1 Å². The number of rotatable bonds is 7. The third-order valence-corrected chi connectivity index (χ3v) is 2.23. The van der Waals surface area contributed by atoms with Crippen LogP contribution in [0, 0.1) is 0 Å². The molecule has 0 saturated carbocycles. The molecule has 0 aromatic rings. The summed E-state index contributed by atoms with van der Waals surface area (Å²) in [7, 11) is 0. The molecular formula is C11H21NO4. The van der Waals surface area contributed by atoms with Gasteiger partial charge in [-0.1, -0.05) is 0 Å². The Morgan fingerprint density at radius 2 is 1.75 bits per heavy atom. The SMILES string of the molecule is CCOC(=O)C[C@H](O)CC(=O)N(CC)CC. The van der Waals surface area contributed by atoms with Gasteiger partial charge in [-0.05, 0) is 20.8 Å². The van der Waals surface area contributed by atoms with E-state index in [-0.39, 0.29) is 25.4 Å². The maximum absolute atomic E-state index is 11.6. The Labute approximate surface area is 96.4 Å². The van der Waals surface area contributed by atoms with Crippen molar-refractivity contribution in [3.8, 4) is 0 Å². The van der Waals surface area contributed by atoms with Crippen LogP contribution in [0.1, 0.15) is 33.6 Å². The quantitative estimate of drug-likeness (QED) is 0.650. The lowest BCUT2D eigenvalue weighted by atomic mass is 10.1. The maximum atomic E-state index is 11.6. The number of nitrogens with zero attached hydrogens (tertiary/aromatic N) is 1. The molecule has 0 aliphatic heterocycles. The van der Waals surface area contributed by atoms with Crippen LogP contribution in [-0.4, -0.2) is 47.7 Å². The Balaban J connectivity index is 3.99. The molecule has 0 heterocycles. The van der Waals surface area contributed by atoms with E-state index < -0.39 is 12.1 Å². The average Bonchev–Trinajstić information content (AvgIpc) is 2.19. The highest BCUT2D eigenvalue weighted by molar-refractivity contribution is 5.78. The van der Waals surface area contributed by atoms with E-state index in [2.05, 4.69) is 4.74 Å². The third-order valence-electron chi connectivity index (χ3n) is 2.23. The fourth-order valence-electron chi connectivity index (χ4n) is 1.39. The summed E-state index contributed by atoms with van der Waals surface area (Å²) in [5.74, 6) is -0.607. The fourth-order valence-corrected chi connectivity index (χ4v) is 1.39. The molecule has 0 saturated heterocycles. The molecule has 0 radical (unpaired) electrons. The zero-order valence-corrected chi connectivity index (χ0v) is 10.2. The third kappa shape index (κ3) is 5.70. The summed E-state index contributed by atoms with van der Waals surface area (Å²) in [6.45, 7) is 6.96. The number of amides is 1. The van der Waals surface area contributed by atoms with Crippen LogP contribution in [0.3, 0.4) is 0 Å². The Kier molecular flexibility index (Phi) is 7.54. The number of hydrogen-bond donors (Lipinski definition) is 1. The molecule has 0 rings (SSSR count). The molecule has 94 valence electrons. The van der Waals surface area contributed by atoms with Gasteiger partial charge in [-0.2, -0.15) is 0 Å². The summed E-state index contributed by atoms with van der Waals surface area (Å²) in [4.78, 5) is 24.2. The van der Waals surface area contributed by atoms with Gasteiger partial charge in [-0.15, -0.1) is 0 Å². The Morgan fingerprint density at radius 3 is 2.19 bits per heavy atom. The molecule has 0 fully saturated rings. The van der Waals surface area contributed by atoms with Gasteiger partial charge in [-0.3, -0.25) is 9.59 Å². The molecule has 0 aliphatic rings. The van der Waals surface area contributed by atoms with Crippen molar-refractivity contribution in [2.24, 2.45) is 0 Å². The zero-order valence-electron chi connectivity index (χ0n) is 10.2. The topological polar surface area (TPSA) is 66.8 Å². The van der Waals surface area contributed by atoms with Crippen LogP contribution in [0.4, 0.5) is 0 Å². The second-order valence-corrected chi connectivity index (χ2v) is 3.43. The van der Waals surface area contributed by atoms with Crippen molar-refractivity contribution in [3.05, 3.63) is 0 Å².